The fourth-order valence-electron chi connectivity index (χ4n) is 1.67. The van der Waals surface area contributed by atoms with Gasteiger partial charge in [-0.25, -0.2) is 4.79 Å². The molecule has 0 aliphatic heterocycles. The zero-order valence-electron chi connectivity index (χ0n) is 15.3. The molecular formula is C15H29O8P. The third-order valence-electron chi connectivity index (χ3n) is 2.71. The summed E-state index contributed by atoms with van der Waals surface area (Å²) in [7, 11) is -4.37. The molecular weight excluding hydrogens is 339 g/mol. The van der Waals surface area contributed by atoms with Gasteiger partial charge in [0.25, 0.3) is 5.34 Å². The van der Waals surface area contributed by atoms with Gasteiger partial charge in [0, 0.05) is 0 Å². The van der Waals surface area contributed by atoms with Crippen LogP contribution in [-0.2, 0) is 32.7 Å². The number of rotatable bonds is 10. The summed E-state index contributed by atoms with van der Waals surface area (Å²) in [4.78, 5) is 24.2. The standard InChI is InChI=1S/C15H29O8P/c1-7-20-13(17)15(18,24(19,22-8-2)23-9-3)10-12(16)21-11-14(4,5)6/h18H,7-11H2,1-6H3. The monoisotopic (exact) mass is 368 g/mol. The largest absolute Gasteiger partial charge is 0.465 e. The number of ether oxygens (including phenoxy) is 2. The third kappa shape index (κ3) is 6.51. The van der Waals surface area contributed by atoms with Gasteiger partial charge in [0.1, 0.15) is 0 Å². The van der Waals surface area contributed by atoms with E-state index in [-0.39, 0.29) is 31.8 Å². The molecule has 0 fully saturated rings. The van der Waals surface area contributed by atoms with E-state index >= 15 is 0 Å². The van der Waals surface area contributed by atoms with Crippen LogP contribution in [0.25, 0.3) is 0 Å². The highest BCUT2D eigenvalue weighted by atomic mass is 31.2. The van der Waals surface area contributed by atoms with Crippen molar-refractivity contribution in [3.05, 3.63) is 0 Å². The highest BCUT2D eigenvalue weighted by molar-refractivity contribution is 7.56. The zero-order valence-corrected chi connectivity index (χ0v) is 16.2. The molecule has 1 unspecified atom stereocenters. The second-order valence-electron chi connectivity index (χ2n) is 6.27. The van der Waals surface area contributed by atoms with Crippen LogP contribution in [0.2, 0.25) is 0 Å². The zero-order chi connectivity index (χ0) is 19.0. The Morgan fingerprint density at radius 2 is 1.46 bits per heavy atom. The summed E-state index contributed by atoms with van der Waals surface area (Å²) in [6.07, 6.45) is -0.890. The number of carbonyl (C=O) groups excluding carboxylic acids is 2. The Morgan fingerprint density at radius 3 is 1.83 bits per heavy atom. The summed E-state index contributed by atoms with van der Waals surface area (Å²) in [5.41, 5.74) is -0.304. The molecule has 8 nitrogen and oxygen atoms in total. The molecule has 0 amide bonds. The fourth-order valence-corrected chi connectivity index (χ4v) is 3.46. The van der Waals surface area contributed by atoms with Crippen LogP contribution in [-0.4, -0.2) is 48.8 Å². The van der Waals surface area contributed by atoms with E-state index in [2.05, 4.69) is 0 Å². The van der Waals surface area contributed by atoms with Crippen LogP contribution < -0.4 is 0 Å². The molecule has 24 heavy (non-hydrogen) atoms. The first kappa shape index (κ1) is 23.1. The summed E-state index contributed by atoms with van der Waals surface area (Å²) >= 11 is 0. The number of hydrogen-bond donors (Lipinski definition) is 1. The lowest BCUT2D eigenvalue weighted by Crippen LogP contribution is -2.44. The van der Waals surface area contributed by atoms with Gasteiger partial charge in [0.05, 0.1) is 32.8 Å². The molecule has 1 atom stereocenters. The summed E-state index contributed by atoms with van der Waals surface area (Å²) in [6, 6.07) is 0. The van der Waals surface area contributed by atoms with E-state index in [4.69, 9.17) is 18.5 Å². The van der Waals surface area contributed by atoms with Gasteiger partial charge in [-0.05, 0) is 26.2 Å². The molecule has 0 aliphatic carbocycles. The maximum atomic E-state index is 12.9. The Labute approximate surface area is 143 Å². The normalized spacial score (nSPS) is 14.8. The number of aliphatic hydroxyl groups is 1. The van der Waals surface area contributed by atoms with E-state index in [0.29, 0.717) is 0 Å². The fraction of sp³-hybridized carbons (Fsp3) is 0.867. The molecule has 142 valence electrons. The van der Waals surface area contributed by atoms with Crippen LogP contribution >= 0.6 is 7.60 Å². The maximum absolute atomic E-state index is 12.9. The first-order chi connectivity index (χ1) is 11.0. The van der Waals surface area contributed by atoms with Crippen molar-refractivity contribution in [2.45, 2.75) is 53.3 Å². The lowest BCUT2D eigenvalue weighted by Gasteiger charge is -2.31. The lowest BCUT2D eigenvalue weighted by atomic mass is 9.99. The van der Waals surface area contributed by atoms with Crippen LogP contribution in [0.5, 0.6) is 0 Å². The summed E-state index contributed by atoms with van der Waals surface area (Å²) < 4.78 is 32.7. The highest BCUT2D eigenvalue weighted by Gasteiger charge is 2.59. The van der Waals surface area contributed by atoms with Crippen molar-refractivity contribution in [1.82, 2.24) is 0 Å². The third-order valence-corrected chi connectivity index (χ3v) is 5.15. The molecule has 0 bridgehead atoms. The van der Waals surface area contributed by atoms with Gasteiger partial charge in [-0.2, -0.15) is 0 Å². The molecule has 0 aromatic carbocycles. The van der Waals surface area contributed by atoms with Crippen molar-refractivity contribution in [1.29, 1.82) is 0 Å². The van der Waals surface area contributed by atoms with Gasteiger partial charge in [-0.15, -0.1) is 0 Å². The minimum Gasteiger partial charge on any atom is -0.465 e. The Hall–Kier alpha value is -0.950. The molecule has 0 spiro atoms. The van der Waals surface area contributed by atoms with Crippen LogP contribution in [0.15, 0.2) is 0 Å². The average molecular weight is 368 g/mol. The van der Waals surface area contributed by atoms with Gasteiger partial charge in [-0.1, -0.05) is 20.8 Å². The lowest BCUT2D eigenvalue weighted by molar-refractivity contribution is -0.166. The van der Waals surface area contributed by atoms with E-state index in [1.807, 2.05) is 20.8 Å². The van der Waals surface area contributed by atoms with E-state index in [1.54, 1.807) is 0 Å². The summed E-state index contributed by atoms with van der Waals surface area (Å²) in [6.45, 7) is 9.93. The van der Waals surface area contributed by atoms with Crippen LogP contribution in [0.4, 0.5) is 0 Å². The number of carbonyl (C=O) groups is 2. The van der Waals surface area contributed by atoms with Crippen LogP contribution in [0.1, 0.15) is 48.0 Å². The van der Waals surface area contributed by atoms with E-state index in [0.717, 1.165) is 0 Å². The number of hydrogen-bond acceptors (Lipinski definition) is 8. The van der Waals surface area contributed by atoms with Crippen molar-refractivity contribution < 1.29 is 37.8 Å². The van der Waals surface area contributed by atoms with Gasteiger partial charge in [-0.3, -0.25) is 9.36 Å². The predicted molar refractivity (Wildman–Crippen MR) is 87.5 cm³/mol. The molecule has 1 N–H and O–H groups in total. The second-order valence-corrected chi connectivity index (χ2v) is 8.52. The second kappa shape index (κ2) is 9.51. The van der Waals surface area contributed by atoms with Gasteiger partial charge in [0.2, 0.25) is 0 Å². The molecule has 0 aromatic heterocycles. The SMILES string of the molecule is CCOC(=O)C(O)(CC(=O)OCC(C)(C)C)P(=O)(OCC)OCC. The Balaban J connectivity index is 5.52. The highest BCUT2D eigenvalue weighted by Crippen LogP contribution is 2.60. The predicted octanol–water partition coefficient (Wildman–Crippen LogP) is 2.48. The summed E-state index contributed by atoms with van der Waals surface area (Å²) in [5, 5.41) is 7.94. The topological polar surface area (TPSA) is 108 Å². The van der Waals surface area contributed by atoms with Crippen molar-refractivity contribution in [2.24, 2.45) is 5.41 Å². The minimum absolute atomic E-state index is 0.0678. The van der Waals surface area contributed by atoms with E-state index in [1.165, 1.54) is 20.8 Å². The first-order valence-electron chi connectivity index (χ1n) is 7.90. The van der Waals surface area contributed by atoms with Gasteiger partial charge in [0.15, 0.2) is 0 Å². The molecule has 0 aliphatic rings. The Morgan fingerprint density at radius 1 is 0.958 bits per heavy atom. The molecule has 0 rings (SSSR count). The Kier molecular flexibility index (Phi) is 9.14. The molecule has 9 heteroatoms. The summed E-state index contributed by atoms with van der Waals surface area (Å²) in [5.74, 6) is -2.15. The quantitative estimate of drug-likeness (QED) is 0.463. The molecule has 0 saturated heterocycles. The maximum Gasteiger partial charge on any atom is 0.374 e. The van der Waals surface area contributed by atoms with Crippen LogP contribution in [0.3, 0.4) is 0 Å². The smallest absolute Gasteiger partial charge is 0.374 e. The van der Waals surface area contributed by atoms with Crippen molar-refractivity contribution >= 4 is 19.5 Å². The van der Waals surface area contributed by atoms with Gasteiger partial charge < -0.3 is 23.6 Å². The Bertz CT molecular complexity index is 461. The molecule has 0 radical (unpaired) electrons. The minimum atomic E-state index is -4.37. The van der Waals surface area contributed by atoms with Crippen molar-refractivity contribution in [3.63, 3.8) is 0 Å². The average Bonchev–Trinajstić information content (AvgIpc) is 2.45. The number of esters is 2. The van der Waals surface area contributed by atoms with E-state index in [9.17, 15) is 19.3 Å². The van der Waals surface area contributed by atoms with E-state index < -0.39 is 31.3 Å². The first-order valence-corrected chi connectivity index (χ1v) is 9.44. The molecule has 0 heterocycles. The van der Waals surface area contributed by atoms with Crippen molar-refractivity contribution in [3.8, 4) is 0 Å². The molecule has 0 aromatic rings. The van der Waals surface area contributed by atoms with Gasteiger partial charge >= 0.3 is 19.5 Å². The van der Waals surface area contributed by atoms with Crippen LogP contribution in [0, 0.1) is 5.41 Å². The van der Waals surface area contributed by atoms with Crippen molar-refractivity contribution in [2.75, 3.05) is 26.4 Å². The molecule has 0 saturated carbocycles.